The Kier molecular flexibility index (Phi) is 6.27. The van der Waals surface area contributed by atoms with E-state index in [1.165, 1.54) is 33.1 Å². The van der Waals surface area contributed by atoms with E-state index in [-0.39, 0.29) is 33.7 Å². The van der Waals surface area contributed by atoms with Gasteiger partial charge in [-0.05, 0) is 26.0 Å². The van der Waals surface area contributed by atoms with Gasteiger partial charge in [0.15, 0.2) is 17.5 Å². The first-order chi connectivity index (χ1) is 14.2. The standard InChI is InChI=1S/C10H10O5S.C10H10O3S/c1-6(11)7-3-10-9(4-8(7)14-2)15-5-16(10,12)13;1-6(11)7-3-10-9(13-5-14-10)4-8(7)12-2/h3-4H,5H2,1-2H3;3-4H,5H2,1-2H3. The summed E-state index contributed by atoms with van der Waals surface area (Å²) in [5, 5.41) is 0. The van der Waals surface area contributed by atoms with Crippen molar-refractivity contribution >= 4 is 33.2 Å². The first kappa shape index (κ1) is 22.0. The molecule has 0 bridgehead atoms. The molecule has 0 amide bonds. The van der Waals surface area contributed by atoms with Gasteiger partial charge in [-0.15, -0.1) is 0 Å². The van der Waals surface area contributed by atoms with Crippen molar-refractivity contribution in [2.45, 2.75) is 23.6 Å². The second-order valence-electron chi connectivity index (χ2n) is 6.39. The van der Waals surface area contributed by atoms with E-state index in [1.807, 2.05) is 6.07 Å². The molecule has 8 nitrogen and oxygen atoms in total. The van der Waals surface area contributed by atoms with Crippen molar-refractivity contribution in [3.8, 4) is 23.0 Å². The molecule has 0 saturated carbocycles. The van der Waals surface area contributed by atoms with Crippen LogP contribution < -0.4 is 18.9 Å². The fourth-order valence-corrected chi connectivity index (χ4v) is 4.82. The van der Waals surface area contributed by atoms with E-state index in [0.717, 1.165) is 10.6 Å². The van der Waals surface area contributed by atoms with Crippen molar-refractivity contribution in [3.63, 3.8) is 0 Å². The van der Waals surface area contributed by atoms with Gasteiger partial charge in [0.25, 0.3) is 0 Å². The minimum absolute atomic E-state index is 0.0113. The molecule has 0 aliphatic carbocycles. The average Bonchev–Trinajstić information content (AvgIpc) is 3.29. The zero-order chi connectivity index (χ0) is 22.1. The van der Waals surface area contributed by atoms with Gasteiger partial charge in [-0.3, -0.25) is 9.59 Å². The van der Waals surface area contributed by atoms with Crippen molar-refractivity contribution < 1.29 is 37.0 Å². The first-order valence-corrected chi connectivity index (χ1v) is 11.4. The summed E-state index contributed by atoms with van der Waals surface area (Å²) < 4.78 is 43.6. The third-order valence-corrected chi connectivity index (χ3v) is 6.71. The first-order valence-electron chi connectivity index (χ1n) is 8.75. The molecule has 2 aromatic carbocycles. The molecule has 0 spiro atoms. The summed E-state index contributed by atoms with van der Waals surface area (Å²) in [6, 6.07) is 6.33. The van der Waals surface area contributed by atoms with Crippen LogP contribution in [0.3, 0.4) is 0 Å². The maximum atomic E-state index is 11.6. The molecule has 0 atom stereocenters. The smallest absolute Gasteiger partial charge is 0.216 e. The van der Waals surface area contributed by atoms with Gasteiger partial charge < -0.3 is 18.9 Å². The van der Waals surface area contributed by atoms with Crippen LogP contribution >= 0.6 is 11.8 Å². The van der Waals surface area contributed by atoms with Crippen molar-refractivity contribution in [1.29, 1.82) is 0 Å². The van der Waals surface area contributed by atoms with E-state index in [2.05, 4.69) is 0 Å². The van der Waals surface area contributed by atoms with E-state index in [0.29, 0.717) is 23.0 Å². The Balaban J connectivity index is 0.000000172. The fourth-order valence-electron chi connectivity index (χ4n) is 2.91. The molecule has 4 rings (SSSR count). The lowest BCUT2D eigenvalue weighted by atomic mass is 10.1. The van der Waals surface area contributed by atoms with Crippen LogP contribution in [0.2, 0.25) is 0 Å². The lowest BCUT2D eigenvalue weighted by molar-refractivity contribution is 0.100. The van der Waals surface area contributed by atoms with E-state index >= 15 is 0 Å². The van der Waals surface area contributed by atoms with Gasteiger partial charge >= 0.3 is 0 Å². The van der Waals surface area contributed by atoms with Crippen LogP contribution in [0.15, 0.2) is 34.1 Å². The number of thioether (sulfide) groups is 1. The number of Topliss-reactive ketones (excluding diaryl/α,β-unsaturated/α-hetero) is 2. The maximum Gasteiger partial charge on any atom is 0.216 e. The van der Waals surface area contributed by atoms with Gasteiger partial charge in [0, 0.05) is 12.1 Å². The Labute approximate surface area is 178 Å². The highest BCUT2D eigenvalue weighted by Gasteiger charge is 2.30. The summed E-state index contributed by atoms with van der Waals surface area (Å²) in [5.41, 5.74) is 0.861. The number of rotatable bonds is 4. The Bertz CT molecular complexity index is 1120. The Hall–Kier alpha value is -2.72. The number of hydrogen-bond acceptors (Lipinski definition) is 9. The summed E-state index contributed by atoms with van der Waals surface area (Å²) in [6.45, 7) is 2.89. The van der Waals surface area contributed by atoms with Gasteiger partial charge in [0.1, 0.15) is 33.8 Å². The molecule has 0 radical (unpaired) electrons. The van der Waals surface area contributed by atoms with Crippen LogP contribution in [-0.4, -0.2) is 46.1 Å². The van der Waals surface area contributed by atoms with Crippen LogP contribution in [0.25, 0.3) is 0 Å². The number of carbonyl (C=O) groups excluding carboxylic acids is 2. The highest BCUT2D eigenvalue weighted by Crippen LogP contribution is 2.40. The van der Waals surface area contributed by atoms with Crippen molar-refractivity contribution in [1.82, 2.24) is 0 Å². The molecular weight excluding hydrogens is 432 g/mol. The van der Waals surface area contributed by atoms with Crippen molar-refractivity contribution in [2.24, 2.45) is 0 Å². The van der Waals surface area contributed by atoms with Crippen LogP contribution in [0.5, 0.6) is 23.0 Å². The third-order valence-electron chi connectivity index (χ3n) is 4.42. The zero-order valence-electron chi connectivity index (χ0n) is 16.8. The van der Waals surface area contributed by atoms with Gasteiger partial charge in [-0.25, -0.2) is 8.42 Å². The number of hydrogen-bond donors (Lipinski definition) is 0. The quantitative estimate of drug-likeness (QED) is 0.646. The molecule has 0 aromatic heterocycles. The number of sulfone groups is 1. The van der Waals surface area contributed by atoms with Crippen LogP contribution in [0.1, 0.15) is 34.6 Å². The molecule has 2 heterocycles. The number of ether oxygens (including phenoxy) is 4. The van der Waals surface area contributed by atoms with Crippen LogP contribution in [0.4, 0.5) is 0 Å². The summed E-state index contributed by atoms with van der Waals surface area (Å²) in [4.78, 5) is 23.7. The second kappa shape index (κ2) is 8.57. The summed E-state index contributed by atoms with van der Waals surface area (Å²) in [5.74, 6) is 1.94. The Morgan fingerprint density at radius 3 is 2.03 bits per heavy atom. The fraction of sp³-hybridized carbons (Fsp3) is 0.300. The predicted octanol–water partition coefficient (Wildman–Crippen LogP) is 3.36. The predicted molar refractivity (Wildman–Crippen MR) is 110 cm³/mol. The monoisotopic (exact) mass is 452 g/mol. The minimum atomic E-state index is -3.42. The molecule has 10 heteroatoms. The van der Waals surface area contributed by atoms with Crippen LogP contribution in [0, 0.1) is 0 Å². The molecule has 2 aromatic rings. The average molecular weight is 453 g/mol. The lowest BCUT2D eigenvalue weighted by Gasteiger charge is -2.07. The molecule has 0 unspecified atom stereocenters. The number of methoxy groups -OCH3 is 2. The summed E-state index contributed by atoms with van der Waals surface area (Å²) >= 11 is 1.59. The normalized spacial score (nSPS) is 14.9. The molecule has 30 heavy (non-hydrogen) atoms. The van der Waals surface area contributed by atoms with Gasteiger partial charge in [0.05, 0.1) is 30.2 Å². The zero-order valence-corrected chi connectivity index (χ0v) is 18.4. The van der Waals surface area contributed by atoms with E-state index in [4.69, 9.17) is 18.9 Å². The number of fused-ring (bicyclic) bond motifs is 2. The van der Waals surface area contributed by atoms with Gasteiger partial charge in [-0.2, -0.15) is 0 Å². The maximum absolute atomic E-state index is 11.6. The second-order valence-corrected chi connectivity index (χ2v) is 9.26. The summed E-state index contributed by atoms with van der Waals surface area (Å²) in [7, 11) is -0.450. The molecule has 0 saturated heterocycles. The Morgan fingerprint density at radius 1 is 0.900 bits per heavy atom. The highest BCUT2D eigenvalue weighted by molar-refractivity contribution is 7.99. The highest BCUT2D eigenvalue weighted by atomic mass is 32.2. The van der Waals surface area contributed by atoms with Gasteiger partial charge in [0.2, 0.25) is 9.84 Å². The molecule has 0 N–H and O–H groups in total. The van der Waals surface area contributed by atoms with Gasteiger partial charge in [-0.1, -0.05) is 11.8 Å². The molecule has 2 aliphatic heterocycles. The lowest BCUT2D eigenvalue weighted by Crippen LogP contribution is -2.03. The van der Waals surface area contributed by atoms with Crippen molar-refractivity contribution in [3.05, 3.63) is 35.4 Å². The summed E-state index contributed by atoms with van der Waals surface area (Å²) in [6.07, 6.45) is 0. The van der Waals surface area contributed by atoms with E-state index in [1.54, 1.807) is 24.9 Å². The molecule has 0 fully saturated rings. The molecule has 160 valence electrons. The third kappa shape index (κ3) is 4.24. The topological polar surface area (TPSA) is 105 Å². The van der Waals surface area contributed by atoms with Crippen LogP contribution in [-0.2, 0) is 9.84 Å². The number of ketones is 2. The number of benzene rings is 2. The van der Waals surface area contributed by atoms with E-state index < -0.39 is 9.84 Å². The van der Waals surface area contributed by atoms with E-state index in [9.17, 15) is 18.0 Å². The minimum Gasteiger partial charge on any atom is -0.496 e. The molecule has 2 aliphatic rings. The molecular formula is C20H20O8S2. The van der Waals surface area contributed by atoms with Crippen molar-refractivity contribution in [2.75, 3.05) is 26.1 Å². The SMILES string of the molecule is COc1cc2c(cc1C(C)=O)S(=O)(=O)CO2.COc1cc2c(cc1C(C)=O)SCO2. The largest absolute Gasteiger partial charge is 0.496 e. The Morgan fingerprint density at radius 2 is 1.47 bits per heavy atom. The number of carbonyl (C=O) groups is 2.